The highest BCUT2D eigenvalue weighted by Crippen LogP contribution is 2.24. The van der Waals surface area contributed by atoms with Gasteiger partial charge in [0.1, 0.15) is 6.07 Å². The number of rotatable bonds is 3. The van der Waals surface area contributed by atoms with Gasteiger partial charge in [-0.25, -0.2) is 4.99 Å². The second-order valence-corrected chi connectivity index (χ2v) is 4.03. The molecule has 0 aliphatic rings. The van der Waals surface area contributed by atoms with E-state index in [1.54, 1.807) is 11.6 Å². The SMILES string of the molecule is CCOC=Nc1c(C#N)sc(=S)n1C. The minimum absolute atomic E-state index is 0.508. The lowest BCUT2D eigenvalue weighted by atomic mass is 10.5. The number of nitrogens with zero attached hydrogens (tertiary/aromatic N) is 3. The van der Waals surface area contributed by atoms with Gasteiger partial charge in [-0.2, -0.15) is 5.26 Å². The van der Waals surface area contributed by atoms with Gasteiger partial charge < -0.3 is 9.30 Å². The van der Waals surface area contributed by atoms with E-state index in [9.17, 15) is 0 Å². The molecule has 0 unspecified atom stereocenters. The largest absolute Gasteiger partial charge is 0.483 e. The second-order valence-electron chi connectivity index (χ2n) is 2.38. The summed E-state index contributed by atoms with van der Waals surface area (Å²) < 4.78 is 7.28. The molecule has 0 atom stereocenters. The number of ether oxygens (including phenoxy) is 1. The molecular formula is C8H9N3OS2. The van der Waals surface area contributed by atoms with E-state index in [1.807, 2.05) is 13.0 Å². The van der Waals surface area contributed by atoms with Gasteiger partial charge in [0.15, 0.2) is 21.0 Å². The fraction of sp³-hybridized carbons (Fsp3) is 0.375. The van der Waals surface area contributed by atoms with Crippen molar-refractivity contribution in [1.29, 1.82) is 5.26 Å². The van der Waals surface area contributed by atoms with Crippen LogP contribution in [0.3, 0.4) is 0 Å². The third kappa shape index (κ3) is 2.19. The molecule has 0 amide bonds. The summed E-state index contributed by atoms with van der Waals surface area (Å²) in [6.07, 6.45) is 1.33. The Morgan fingerprint density at radius 1 is 1.79 bits per heavy atom. The molecule has 0 saturated carbocycles. The van der Waals surface area contributed by atoms with Gasteiger partial charge in [-0.05, 0) is 19.1 Å². The van der Waals surface area contributed by atoms with Gasteiger partial charge in [-0.15, -0.1) is 0 Å². The first-order valence-corrected chi connectivity index (χ1v) is 5.17. The summed E-state index contributed by atoms with van der Waals surface area (Å²) in [5.41, 5.74) is 0. The average Bonchev–Trinajstić information content (AvgIpc) is 2.45. The summed E-state index contributed by atoms with van der Waals surface area (Å²) in [6, 6.07) is 2.05. The van der Waals surface area contributed by atoms with Crippen molar-refractivity contribution in [2.45, 2.75) is 6.92 Å². The molecule has 0 bridgehead atoms. The van der Waals surface area contributed by atoms with Crippen LogP contribution >= 0.6 is 23.6 Å². The number of thiazole rings is 1. The van der Waals surface area contributed by atoms with Crippen LogP contribution in [-0.4, -0.2) is 17.6 Å². The molecule has 0 aliphatic heterocycles. The Balaban J connectivity index is 3.07. The molecule has 0 radical (unpaired) electrons. The molecule has 4 nitrogen and oxygen atoms in total. The minimum atomic E-state index is 0.508. The van der Waals surface area contributed by atoms with Crippen molar-refractivity contribution < 1.29 is 4.74 Å². The van der Waals surface area contributed by atoms with Crippen LogP contribution in [0.4, 0.5) is 5.82 Å². The van der Waals surface area contributed by atoms with Crippen LogP contribution in [0.2, 0.25) is 0 Å². The van der Waals surface area contributed by atoms with Crippen molar-refractivity contribution >= 4 is 35.8 Å². The van der Waals surface area contributed by atoms with Crippen molar-refractivity contribution in [3.63, 3.8) is 0 Å². The fourth-order valence-corrected chi connectivity index (χ4v) is 1.88. The Morgan fingerprint density at radius 3 is 3.07 bits per heavy atom. The second kappa shape index (κ2) is 4.88. The van der Waals surface area contributed by atoms with Gasteiger partial charge in [0, 0.05) is 7.05 Å². The van der Waals surface area contributed by atoms with Crippen molar-refractivity contribution in [3.8, 4) is 6.07 Å². The lowest BCUT2D eigenvalue weighted by Gasteiger charge is -1.95. The Bertz CT molecular complexity index is 438. The van der Waals surface area contributed by atoms with Gasteiger partial charge in [0.05, 0.1) is 6.61 Å². The van der Waals surface area contributed by atoms with Crippen LogP contribution < -0.4 is 0 Å². The minimum Gasteiger partial charge on any atom is -0.483 e. The van der Waals surface area contributed by atoms with Crippen LogP contribution in [-0.2, 0) is 11.8 Å². The zero-order chi connectivity index (χ0) is 10.6. The Kier molecular flexibility index (Phi) is 3.80. The highest BCUT2D eigenvalue weighted by Gasteiger charge is 2.07. The third-order valence-electron chi connectivity index (χ3n) is 1.50. The topological polar surface area (TPSA) is 50.3 Å². The normalized spacial score (nSPS) is 10.4. The first-order chi connectivity index (χ1) is 6.70. The van der Waals surface area contributed by atoms with E-state index in [1.165, 1.54) is 17.7 Å². The maximum absolute atomic E-state index is 8.80. The molecule has 6 heteroatoms. The van der Waals surface area contributed by atoms with Crippen molar-refractivity contribution in [2.24, 2.45) is 12.0 Å². The predicted molar refractivity (Wildman–Crippen MR) is 58.6 cm³/mol. The van der Waals surface area contributed by atoms with Crippen molar-refractivity contribution in [3.05, 3.63) is 8.83 Å². The fourth-order valence-electron chi connectivity index (χ4n) is 0.820. The lowest BCUT2D eigenvalue weighted by molar-refractivity contribution is 0.343. The molecule has 1 rings (SSSR count). The molecule has 1 heterocycles. The molecule has 1 aromatic rings. The molecular weight excluding hydrogens is 218 g/mol. The molecule has 0 spiro atoms. The quantitative estimate of drug-likeness (QED) is 0.452. The Morgan fingerprint density at radius 2 is 2.50 bits per heavy atom. The first-order valence-electron chi connectivity index (χ1n) is 3.94. The van der Waals surface area contributed by atoms with E-state index < -0.39 is 0 Å². The van der Waals surface area contributed by atoms with Gasteiger partial charge in [0.25, 0.3) is 0 Å². The molecule has 74 valence electrons. The monoisotopic (exact) mass is 227 g/mol. The van der Waals surface area contributed by atoms with E-state index in [0.29, 0.717) is 21.3 Å². The maximum Gasteiger partial charge on any atom is 0.176 e. The zero-order valence-electron chi connectivity index (χ0n) is 7.85. The molecule has 1 aromatic heterocycles. The molecule has 0 fully saturated rings. The number of aromatic nitrogens is 1. The van der Waals surface area contributed by atoms with E-state index in [0.717, 1.165) is 0 Å². The molecule has 0 saturated heterocycles. The van der Waals surface area contributed by atoms with E-state index in [4.69, 9.17) is 22.2 Å². The summed E-state index contributed by atoms with van der Waals surface area (Å²) in [5, 5.41) is 8.80. The molecule has 0 aromatic carbocycles. The van der Waals surface area contributed by atoms with Gasteiger partial charge >= 0.3 is 0 Å². The van der Waals surface area contributed by atoms with Crippen LogP contribution in [0, 0.1) is 15.3 Å². The lowest BCUT2D eigenvalue weighted by Crippen LogP contribution is -1.89. The highest BCUT2D eigenvalue weighted by atomic mass is 32.1. The summed E-state index contributed by atoms with van der Waals surface area (Å²) in [4.78, 5) is 4.53. The standard InChI is InChI=1S/C8H9N3OS2/c1-3-12-5-10-7-6(4-9)14-8(13)11(7)2/h5H,3H2,1-2H3. The molecule has 14 heavy (non-hydrogen) atoms. The summed E-state index contributed by atoms with van der Waals surface area (Å²) in [7, 11) is 1.78. The predicted octanol–water partition coefficient (Wildman–Crippen LogP) is 2.38. The maximum atomic E-state index is 8.80. The van der Waals surface area contributed by atoms with Crippen LogP contribution in [0.1, 0.15) is 11.8 Å². The van der Waals surface area contributed by atoms with Crippen LogP contribution in [0.25, 0.3) is 0 Å². The number of nitriles is 1. The first kappa shape index (κ1) is 10.9. The van der Waals surface area contributed by atoms with Crippen molar-refractivity contribution in [1.82, 2.24) is 4.57 Å². The molecule has 0 N–H and O–H groups in total. The third-order valence-corrected chi connectivity index (χ3v) is 2.95. The van der Waals surface area contributed by atoms with E-state index in [2.05, 4.69) is 4.99 Å². The zero-order valence-corrected chi connectivity index (χ0v) is 9.48. The Labute approximate surface area is 91.1 Å². The van der Waals surface area contributed by atoms with Gasteiger partial charge in [0.2, 0.25) is 0 Å². The van der Waals surface area contributed by atoms with Gasteiger partial charge in [-0.1, -0.05) is 11.3 Å². The van der Waals surface area contributed by atoms with Crippen LogP contribution in [0.5, 0.6) is 0 Å². The van der Waals surface area contributed by atoms with Crippen LogP contribution in [0.15, 0.2) is 4.99 Å². The summed E-state index contributed by atoms with van der Waals surface area (Å²) in [5.74, 6) is 0.552. The number of aliphatic imine (C=N–C) groups is 1. The highest BCUT2D eigenvalue weighted by molar-refractivity contribution is 7.73. The smallest absolute Gasteiger partial charge is 0.176 e. The summed E-state index contributed by atoms with van der Waals surface area (Å²) >= 11 is 6.27. The summed E-state index contributed by atoms with van der Waals surface area (Å²) in [6.45, 7) is 2.42. The van der Waals surface area contributed by atoms with E-state index >= 15 is 0 Å². The van der Waals surface area contributed by atoms with Crippen molar-refractivity contribution in [2.75, 3.05) is 6.61 Å². The number of hydrogen-bond donors (Lipinski definition) is 0. The molecule has 0 aliphatic carbocycles. The van der Waals surface area contributed by atoms with Gasteiger partial charge in [-0.3, -0.25) is 0 Å². The number of hydrogen-bond acceptors (Lipinski definition) is 5. The Hall–Kier alpha value is -1.19. The van der Waals surface area contributed by atoms with E-state index in [-0.39, 0.29) is 0 Å². The average molecular weight is 227 g/mol.